The van der Waals surface area contributed by atoms with Crippen LogP contribution in [0.5, 0.6) is 0 Å². The first-order valence-corrected chi connectivity index (χ1v) is 6.80. The summed E-state index contributed by atoms with van der Waals surface area (Å²) in [6.45, 7) is 12.5. The van der Waals surface area contributed by atoms with Crippen LogP contribution in [0.1, 0.15) is 33.6 Å². The molecule has 3 N–H and O–H groups in total. The lowest BCUT2D eigenvalue weighted by Crippen LogP contribution is -2.43. The number of nitrogens with two attached hydrogens (primary N) is 1. The van der Waals surface area contributed by atoms with Crippen LogP contribution in [0.2, 0.25) is 0 Å². The molecule has 4 nitrogen and oxygen atoms in total. The van der Waals surface area contributed by atoms with E-state index in [2.05, 4.69) is 30.7 Å². The number of nitrogens with zero attached hydrogens (tertiary/aromatic N) is 1. The van der Waals surface area contributed by atoms with E-state index >= 15 is 0 Å². The second-order valence-electron chi connectivity index (χ2n) is 5.52. The molecule has 1 heterocycles. The number of ether oxygens (including phenoxy) is 1. The zero-order chi connectivity index (χ0) is 13.5. The van der Waals surface area contributed by atoms with E-state index < -0.39 is 0 Å². The summed E-state index contributed by atoms with van der Waals surface area (Å²) in [5.74, 6) is 1.58. The van der Waals surface area contributed by atoms with Crippen LogP contribution >= 0.6 is 24.0 Å². The molecule has 1 saturated heterocycles. The molecule has 0 aromatic carbocycles. The first-order chi connectivity index (χ1) is 8.50. The summed E-state index contributed by atoms with van der Waals surface area (Å²) in [6, 6.07) is 0. The van der Waals surface area contributed by atoms with Crippen LogP contribution < -0.4 is 11.1 Å². The average molecular weight is 381 g/mol. The zero-order valence-corrected chi connectivity index (χ0v) is 14.6. The molecule has 2 unspecified atom stereocenters. The van der Waals surface area contributed by atoms with Crippen molar-refractivity contribution in [1.29, 1.82) is 0 Å². The Bertz CT molecular complexity index is 305. The number of nitrogens with one attached hydrogen (secondary N) is 1. The Labute approximate surface area is 134 Å². The monoisotopic (exact) mass is 381 g/mol. The van der Waals surface area contributed by atoms with Crippen molar-refractivity contribution in [2.75, 3.05) is 19.7 Å². The minimum Gasteiger partial charge on any atom is -0.378 e. The quantitative estimate of drug-likeness (QED) is 0.333. The summed E-state index contributed by atoms with van der Waals surface area (Å²) in [4.78, 5) is 4.22. The molecule has 0 spiro atoms. The molecule has 0 amide bonds. The van der Waals surface area contributed by atoms with Crippen molar-refractivity contribution in [3.8, 4) is 0 Å². The SMILES string of the molecule is C=C(C)CN=C(N)NCC1CCCOC1C(C)C.I. The van der Waals surface area contributed by atoms with Gasteiger partial charge in [-0.05, 0) is 25.7 Å². The maximum Gasteiger partial charge on any atom is 0.188 e. The highest BCUT2D eigenvalue weighted by molar-refractivity contribution is 14.0. The van der Waals surface area contributed by atoms with Crippen LogP contribution in [0, 0.1) is 11.8 Å². The first-order valence-electron chi connectivity index (χ1n) is 6.80. The lowest BCUT2D eigenvalue weighted by molar-refractivity contribution is -0.0504. The molecule has 0 saturated carbocycles. The van der Waals surface area contributed by atoms with E-state index in [4.69, 9.17) is 10.5 Å². The molecule has 1 fully saturated rings. The molecule has 0 aromatic rings. The van der Waals surface area contributed by atoms with Crippen molar-refractivity contribution in [3.63, 3.8) is 0 Å². The predicted octanol–water partition coefficient (Wildman–Crippen LogP) is 2.54. The third-order valence-electron chi connectivity index (χ3n) is 3.22. The second kappa shape index (κ2) is 9.58. The van der Waals surface area contributed by atoms with E-state index in [-0.39, 0.29) is 24.0 Å². The lowest BCUT2D eigenvalue weighted by atomic mass is 9.87. The number of hydrogen-bond acceptors (Lipinski definition) is 2. The molecule has 0 radical (unpaired) electrons. The molecule has 112 valence electrons. The number of halogens is 1. The third-order valence-corrected chi connectivity index (χ3v) is 3.22. The zero-order valence-electron chi connectivity index (χ0n) is 12.3. The largest absolute Gasteiger partial charge is 0.378 e. The maximum atomic E-state index is 5.85. The van der Waals surface area contributed by atoms with Crippen molar-refractivity contribution in [1.82, 2.24) is 5.32 Å². The topological polar surface area (TPSA) is 59.6 Å². The molecule has 1 aliphatic heterocycles. The van der Waals surface area contributed by atoms with Gasteiger partial charge in [-0.2, -0.15) is 0 Å². The van der Waals surface area contributed by atoms with Gasteiger partial charge in [0.25, 0.3) is 0 Å². The lowest BCUT2D eigenvalue weighted by Gasteiger charge is -2.34. The molecule has 19 heavy (non-hydrogen) atoms. The van der Waals surface area contributed by atoms with Gasteiger partial charge < -0.3 is 15.8 Å². The van der Waals surface area contributed by atoms with Gasteiger partial charge in [0, 0.05) is 19.1 Å². The minimum atomic E-state index is 0. The van der Waals surface area contributed by atoms with E-state index in [1.165, 1.54) is 6.42 Å². The average Bonchev–Trinajstić information content (AvgIpc) is 2.34. The van der Waals surface area contributed by atoms with E-state index in [9.17, 15) is 0 Å². The van der Waals surface area contributed by atoms with Gasteiger partial charge in [0.1, 0.15) is 0 Å². The Balaban J connectivity index is 0.00000324. The Morgan fingerprint density at radius 1 is 1.53 bits per heavy atom. The molecular formula is C14H28IN3O. The Kier molecular flexibility index (Phi) is 9.43. The third kappa shape index (κ3) is 7.15. The summed E-state index contributed by atoms with van der Waals surface area (Å²) in [5.41, 5.74) is 6.83. The maximum absolute atomic E-state index is 5.85. The summed E-state index contributed by atoms with van der Waals surface area (Å²) in [7, 11) is 0. The van der Waals surface area contributed by atoms with Crippen molar-refractivity contribution in [3.05, 3.63) is 12.2 Å². The number of guanidine groups is 1. The van der Waals surface area contributed by atoms with Crippen LogP contribution in [0.3, 0.4) is 0 Å². The molecule has 0 bridgehead atoms. The fraction of sp³-hybridized carbons (Fsp3) is 0.786. The molecule has 1 rings (SSSR count). The highest BCUT2D eigenvalue weighted by Crippen LogP contribution is 2.25. The van der Waals surface area contributed by atoms with Gasteiger partial charge in [-0.25, -0.2) is 4.99 Å². The van der Waals surface area contributed by atoms with Crippen LogP contribution in [-0.4, -0.2) is 31.8 Å². The molecule has 5 heteroatoms. The highest BCUT2D eigenvalue weighted by Gasteiger charge is 2.28. The van der Waals surface area contributed by atoms with Crippen LogP contribution in [0.25, 0.3) is 0 Å². The van der Waals surface area contributed by atoms with E-state index in [1.807, 2.05) is 6.92 Å². The summed E-state index contributed by atoms with van der Waals surface area (Å²) in [5, 5.41) is 3.20. The minimum absolute atomic E-state index is 0. The first kappa shape index (κ1) is 18.7. The highest BCUT2D eigenvalue weighted by atomic mass is 127. The number of hydrogen-bond donors (Lipinski definition) is 2. The summed E-state index contributed by atoms with van der Waals surface area (Å²) >= 11 is 0. The predicted molar refractivity (Wildman–Crippen MR) is 92.0 cm³/mol. The van der Waals surface area contributed by atoms with Crippen molar-refractivity contribution in [2.24, 2.45) is 22.6 Å². The fourth-order valence-electron chi connectivity index (χ4n) is 2.33. The van der Waals surface area contributed by atoms with Gasteiger partial charge in [-0.15, -0.1) is 24.0 Å². The van der Waals surface area contributed by atoms with Gasteiger partial charge in [0.15, 0.2) is 5.96 Å². The summed E-state index contributed by atoms with van der Waals surface area (Å²) in [6.07, 6.45) is 2.67. The van der Waals surface area contributed by atoms with E-state index in [1.54, 1.807) is 0 Å². The van der Waals surface area contributed by atoms with Crippen molar-refractivity contribution < 1.29 is 4.74 Å². The molecule has 0 aromatic heterocycles. The van der Waals surface area contributed by atoms with Gasteiger partial charge >= 0.3 is 0 Å². The molecule has 0 aliphatic carbocycles. The summed E-state index contributed by atoms with van der Waals surface area (Å²) < 4.78 is 5.85. The van der Waals surface area contributed by atoms with Crippen LogP contribution in [0.15, 0.2) is 17.1 Å². The molecular weight excluding hydrogens is 353 g/mol. The van der Waals surface area contributed by atoms with E-state index in [0.717, 1.165) is 25.1 Å². The van der Waals surface area contributed by atoms with Crippen molar-refractivity contribution in [2.45, 2.75) is 39.7 Å². The number of rotatable bonds is 5. The van der Waals surface area contributed by atoms with Gasteiger partial charge in [-0.1, -0.05) is 26.0 Å². The Morgan fingerprint density at radius 3 is 2.79 bits per heavy atom. The smallest absolute Gasteiger partial charge is 0.188 e. The molecule has 2 atom stereocenters. The van der Waals surface area contributed by atoms with Gasteiger partial charge in [0.2, 0.25) is 0 Å². The normalized spacial score (nSPS) is 23.9. The van der Waals surface area contributed by atoms with Gasteiger partial charge in [0.05, 0.1) is 12.6 Å². The second-order valence-corrected chi connectivity index (χ2v) is 5.52. The fourth-order valence-corrected chi connectivity index (χ4v) is 2.33. The Morgan fingerprint density at radius 2 is 2.21 bits per heavy atom. The number of aliphatic imine (C=N–C) groups is 1. The van der Waals surface area contributed by atoms with Crippen LogP contribution in [-0.2, 0) is 4.74 Å². The van der Waals surface area contributed by atoms with E-state index in [0.29, 0.717) is 30.4 Å². The standard InChI is InChI=1S/C14H27N3O.HI/c1-10(2)8-16-14(15)17-9-12-6-5-7-18-13(12)11(3)4;/h11-13H,1,5-9H2,2-4H3,(H3,15,16,17);1H. The molecule has 1 aliphatic rings. The van der Waals surface area contributed by atoms with Gasteiger partial charge in [-0.3, -0.25) is 0 Å². The van der Waals surface area contributed by atoms with Crippen molar-refractivity contribution >= 4 is 29.9 Å². The van der Waals surface area contributed by atoms with Crippen LogP contribution in [0.4, 0.5) is 0 Å². The Hall–Kier alpha value is -0.300.